The minimum absolute atomic E-state index is 0.0931. The van der Waals surface area contributed by atoms with E-state index in [1.165, 1.54) is 6.92 Å². The Morgan fingerprint density at radius 1 is 1.20 bits per heavy atom. The Morgan fingerprint density at radius 2 is 2.00 bits per heavy atom. The number of halogens is 1. The van der Waals surface area contributed by atoms with Crippen molar-refractivity contribution in [3.63, 3.8) is 0 Å². The molecule has 2 heterocycles. The van der Waals surface area contributed by atoms with Gasteiger partial charge in [-0.05, 0) is 41.3 Å². The van der Waals surface area contributed by atoms with Gasteiger partial charge < -0.3 is 19.7 Å². The summed E-state index contributed by atoms with van der Waals surface area (Å²) in [5.41, 5.74) is 2.96. The van der Waals surface area contributed by atoms with Crippen molar-refractivity contribution >= 4 is 29.5 Å². The summed E-state index contributed by atoms with van der Waals surface area (Å²) in [7, 11) is 0. The summed E-state index contributed by atoms with van der Waals surface area (Å²) in [5, 5.41) is 3.46. The van der Waals surface area contributed by atoms with Crippen molar-refractivity contribution in [2.45, 2.75) is 25.8 Å². The normalized spacial score (nSPS) is 16.7. The molecule has 1 unspecified atom stereocenters. The zero-order valence-corrected chi connectivity index (χ0v) is 17.4. The number of rotatable bonds is 5. The van der Waals surface area contributed by atoms with Crippen molar-refractivity contribution in [1.82, 2.24) is 10.2 Å². The summed E-state index contributed by atoms with van der Waals surface area (Å²) in [6, 6.07) is 11.2. The fraction of sp³-hybridized carbons (Fsp3) is 0.304. The van der Waals surface area contributed by atoms with Crippen LogP contribution in [0.2, 0.25) is 5.02 Å². The van der Waals surface area contributed by atoms with Gasteiger partial charge in [0.25, 0.3) is 0 Å². The van der Waals surface area contributed by atoms with Crippen molar-refractivity contribution in [2.75, 3.05) is 19.8 Å². The molecule has 1 atom stereocenters. The molecule has 0 radical (unpaired) electrons. The van der Waals surface area contributed by atoms with Crippen LogP contribution in [0, 0.1) is 0 Å². The molecule has 2 aromatic carbocycles. The lowest BCUT2D eigenvalue weighted by Gasteiger charge is -2.32. The Balaban J connectivity index is 1.38. The Labute approximate surface area is 180 Å². The summed E-state index contributed by atoms with van der Waals surface area (Å²) in [4.78, 5) is 26.3. The second-order valence-electron chi connectivity index (χ2n) is 7.29. The molecule has 1 N–H and O–H groups in total. The molecule has 4 rings (SSSR count). The van der Waals surface area contributed by atoms with Crippen LogP contribution in [-0.2, 0) is 16.0 Å². The molecule has 7 heteroatoms. The van der Waals surface area contributed by atoms with E-state index < -0.39 is 0 Å². The van der Waals surface area contributed by atoms with Crippen molar-refractivity contribution in [3.8, 4) is 11.5 Å². The van der Waals surface area contributed by atoms with Gasteiger partial charge in [-0.1, -0.05) is 35.9 Å². The van der Waals surface area contributed by atoms with Crippen LogP contribution in [0.1, 0.15) is 36.1 Å². The zero-order chi connectivity index (χ0) is 21.1. The van der Waals surface area contributed by atoms with E-state index >= 15 is 0 Å². The predicted octanol–water partition coefficient (Wildman–Crippen LogP) is 3.73. The third kappa shape index (κ3) is 4.28. The van der Waals surface area contributed by atoms with E-state index in [0.717, 1.165) is 16.7 Å². The summed E-state index contributed by atoms with van der Waals surface area (Å²) in [6.45, 7) is 2.94. The summed E-state index contributed by atoms with van der Waals surface area (Å²) in [6.07, 6.45) is 4.46. The van der Waals surface area contributed by atoms with Gasteiger partial charge in [0.15, 0.2) is 11.5 Å². The molecule has 0 saturated heterocycles. The molecule has 2 amide bonds. The highest BCUT2D eigenvalue weighted by Crippen LogP contribution is 2.38. The summed E-state index contributed by atoms with van der Waals surface area (Å²) < 4.78 is 11.1. The highest BCUT2D eigenvalue weighted by molar-refractivity contribution is 6.32. The average Bonchev–Trinajstić information content (AvgIpc) is 2.74. The Hall–Kier alpha value is -2.99. The number of carbonyl (C=O) groups excluding carboxylic acids is 2. The van der Waals surface area contributed by atoms with Crippen LogP contribution >= 0.6 is 11.6 Å². The van der Waals surface area contributed by atoms with Gasteiger partial charge in [-0.15, -0.1) is 0 Å². The van der Waals surface area contributed by atoms with Gasteiger partial charge in [-0.2, -0.15) is 0 Å². The van der Waals surface area contributed by atoms with Gasteiger partial charge in [0, 0.05) is 19.7 Å². The molecular weight excluding hydrogens is 404 g/mol. The van der Waals surface area contributed by atoms with E-state index in [1.807, 2.05) is 42.5 Å². The number of nitrogens with one attached hydrogen (secondary N) is 1. The first-order valence-electron chi connectivity index (χ1n) is 9.93. The number of carbonyl (C=O) groups is 2. The lowest BCUT2D eigenvalue weighted by molar-refractivity contribution is -0.129. The quantitative estimate of drug-likeness (QED) is 0.791. The van der Waals surface area contributed by atoms with Crippen molar-refractivity contribution in [1.29, 1.82) is 0 Å². The van der Waals surface area contributed by atoms with Crippen LogP contribution in [-0.4, -0.2) is 36.5 Å². The maximum absolute atomic E-state index is 12.6. The lowest BCUT2D eigenvalue weighted by Crippen LogP contribution is -2.35. The highest BCUT2D eigenvalue weighted by Gasteiger charge is 2.28. The molecule has 2 aliphatic rings. The van der Waals surface area contributed by atoms with Crippen LogP contribution < -0.4 is 14.8 Å². The van der Waals surface area contributed by atoms with Crippen LogP contribution in [0.15, 0.2) is 42.6 Å². The van der Waals surface area contributed by atoms with E-state index in [2.05, 4.69) is 5.32 Å². The first kappa shape index (κ1) is 20.3. The van der Waals surface area contributed by atoms with E-state index in [-0.39, 0.29) is 24.3 Å². The monoisotopic (exact) mass is 426 g/mol. The van der Waals surface area contributed by atoms with Crippen LogP contribution in [0.4, 0.5) is 0 Å². The molecule has 0 bridgehead atoms. The van der Waals surface area contributed by atoms with Crippen LogP contribution in [0.3, 0.4) is 0 Å². The van der Waals surface area contributed by atoms with Crippen molar-refractivity contribution in [2.24, 2.45) is 0 Å². The van der Waals surface area contributed by atoms with Gasteiger partial charge >= 0.3 is 0 Å². The third-order valence-electron chi connectivity index (χ3n) is 5.24. The fourth-order valence-corrected chi connectivity index (χ4v) is 4.10. The van der Waals surface area contributed by atoms with Gasteiger partial charge in [0.05, 0.1) is 17.5 Å². The highest BCUT2D eigenvalue weighted by atomic mass is 35.5. The minimum atomic E-state index is -0.313. The van der Waals surface area contributed by atoms with Crippen molar-refractivity contribution < 1.29 is 19.1 Å². The number of amides is 2. The first-order valence-corrected chi connectivity index (χ1v) is 10.3. The topological polar surface area (TPSA) is 67.9 Å². The molecule has 0 spiro atoms. The molecule has 6 nitrogen and oxygen atoms in total. The Bertz CT molecular complexity index is 1000. The summed E-state index contributed by atoms with van der Waals surface area (Å²) in [5.74, 6) is 1.01. The lowest BCUT2D eigenvalue weighted by atomic mass is 9.93. The molecule has 30 heavy (non-hydrogen) atoms. The van der Waals surface area contributed by atoms with Gasteiger partial charge in [0.1, 0.15) is 13.2 Å². The maximum Gasteiger partial charge on any atom is 0.223 e. The Morgan fingerprint density at radius 3 is 2.83 bits per heavy atom. The largest absolute Gasteiger partial charge is 0.486 e. The summed E-state index contributed by atoms with van der Waals surface area (Å²) >= 11 is 6.27. The molecule has 0 saturated carbocycles. The zero-order valence-electron chi connectivity index (χ0n) is 16.7. The second kappa shape index (κ2) is 8.79. The molecular formula is C23H23ClN2O4. The number of nitrogens with zero attached hydrogens (tertiary/aromatic N) is 1. The molecule has 2 aliphatic heterocycles. The predicted molar refractivity (Wildman–Crippen MR) is 115 cm³/mol. The number of ether oxygens (including phenoxy) is 2. The number of fused-ring (bicyclic) bond motifs is 2. The SMILES string of the molecule is CC(=O)N1C=Cc2ccccc2C1CC(=O)NCCc1cc(Cl)c2c(c1)OCCO2. The van der Waals surface area contributed by atoms with Gasteiger partial charge in [0.2, 0.25) is 11.8 Å². The third-order valence-corrected chi connectivity index (χ3v) is 5.52. The van der Waals surface area contributed by atoms with E-state index in [4.69, 9.17) is 21.1 Å². The molecule has 0 aromatic heterocycles. The van der Waals surface area contributed by atoms with Crippen molar-refractivity contribution in [3.05, 3.63) is 64.3 Å². The fourth-order valence-electron chi connectivity index (χ4n) is 3.82. The standard InChI is InChI=1S/C23H23ClN2O4/c1-15(27)26-9-7-17-4-2-3-5-18(17)20(26)14-22(28)25-8-6-16-12-19(24)23-21(13-16)29-10-11-30-23/h2-5,7,9,12-13,20H,6,8,10-11,14H2,1H3,(H,25,28). The Kier molecular flexibility index (Phi) is 5.95. The van der Waals surface area contributed by atoms with Crippen LogP contribution in [0.25, 0.3) is 6.08 Å². The van der Waals surface area contributed by atoms with Crippen LogP contribution in [0.5, 0.6) is 11.5 Å². The number of hydrogen-bond acceptors (Lipinski definition) is 4. The van der Waals surface area contributed by atoms with E-state index in [1.54, 1.807) is 11.1 Å². The van der Waals surface area contributed by atoms with E-state index in [0.29, 0.717) is 42.7 Å². The van der Waals surface area contributed by atoms with E-state index in [9.17, 15) is 9.59 Å². The van der Waals surface area contributed by atoms with Gasteiger partial charge in [-0.25, -0.2) is 0 Å². The number of hydrogen-bond donors (Lipinski definition) is 1. The minimum Gasteiger partial charge on any atom is -0.486 e. The molecule has 2 aromatic rings. The smallest absolute Gasteiger partial charge is 0.223 e. The van der Waals surface area contributed by atoms with Gasteiger partial charge in [-0.3, -0.25) is 9.59 Å². The molecule has 0 aliphatic carbocycles. The first-order chi connectivity index (χ1) is 14.5. The average molecular weight is 427 g/mol. The number of benzene rings is 2. The molecule has 156 valence electrons. The molecule has 0 fully saturated rings. The maximum atomic E-state index is 12.6. The second-order valence-corrected chi connectivity index (χ2v) is 7.70.